The van der Waals surface area contributed by atoms with Crippen molar-refractivity contribution < 1.29 is 17.6 Å². The van der Waals surface area contributed by atoms with Crippen LogP contribution in [0.3, 0.4) is 0 Å². The molecule has 0 radical (unpaired) electrons. The number of nitrogens with one attached hydrogen (secondary N) is 1. The van der Waals surface area contributed by atoms with E-state index in [9.17, 15) is 17.6 Å². The number of pyridine rings is 2. The van der Waals surface area contributed by atoms with Gasteiger partial charge in [0.15, 0.2) is 5.78 Å². The van der Waals surface area contributed by atoms with Gasteiger partial charge in [0.2, 0.25) is 10.0 Å². The highest BCUT2D eigenvalue weighted by atomic mass is 32.2. The Morgan fingerprint density at radius 1 is 1.11 bits per heavy atom. The summed E-state index contributed by atoms with van der Waals surface area (Å²) in [5.41, 5.74) is 2.99. The Morgan fingerprint density at radius 2 is 1.89 bits per heavy atom. The van der Waals surface area contributed by atoms with Crippen LogP contribution in [0, 0.1) is 5.82 Å². The molecule has 10 heteroatoms. The Balaban J connectivity index is 0.00000186. The first kappa shape index (κ1) is 27.6. The summed E-state index contributed by atoms with van der Waals surface area (Å²) >= 11 is 0. The number of hydrogen-bond acceptors (Lipinski definition) is 6. The molecule has 1 N–H and O–H groups in total. The monoisotopic (exact) mass is 521 g/mol. The Bertz CT molecular complexity index is 1520. The number of sulfonamides is 1. The molecule has 4 aromatic rings. The van der Waals surface area contributed by atoms with Crippen LogP contribution in [-0.4, -0.2) is 33.9 Å². The minimum absolute atomic E-state index is 0.00189. The van der Waals surface area contributed by atoms with Crippen molar-refractivity contribution in [2.45, 2.75) is 26.1 Å². The zero-order valence-corrected chi connectivity index (χ0v) is 21.7. The van der Waals surface area contributed by atoms with E-state index < -0.39 is 15.8 Å². The molecular weight excluding hydrogens is 493 g/mol. The molecule has 4 rings (SSSR count). The largest absolute Gasteiger partial charge is 0.289 e. The summed E-state index contributed by atoms with van der Waals surface area (Å²) in [6.45, 7) is 7.47. The van der Waals surface area contributed by atoms with E-state index >= 15 is 0 Å². The summed E-state index contributed by atoms with van der Waals surface area (Å²) in [5, 5.41) is 4.15. The van der Waals surface area contributed by atoms with Gasteiger partial charge < -0.3 is 0 Å². The van der Waals surface area contributed by atoms with E-state index in [2.05, 4.69) is 26.4 Å². The molecule has 8 nitrogen and oxygen atoms in total. The molecule has 0 aliphatic carbocycles. The molecule has 37 heavy (non-hydrogen) atoms. The number of hydrogen-bond donors (Lipinski definition) is 1. The lowest BCUT2D eigenvalue weighted by Gasteiger charge is -2.10. The maximum atomic E-state index is 13.7. The van der Waals surface area contributed by atoms with Gasteiger partial charge in [-0.2, -0.15) is 5.10 Å². The molecule has 0 spiro atoms. The molecule has 192 valence electrons. The predicted octanol–water partition coefficient (Wildman–Crippen LogP) is 4.54. The number of nitrogens with zero attached hydrogens (tertiary/aromatic N) is 4. The molecule has 3 aromatic heterocycles. The number of halogens is 1. The van der Waals surface area contributed by atoms with Gasteiger partial charge in [0.05, 0.1) is 29.9 Å². The summed E-state index contributed by atoms with van der Waals surface area (Å²) < 4.78 is 42.9. The number of carbonyl (C=O) groups excluding carboxylic acids is 1. The average Bonchev–Trinajstić information content (AvgIpc) is 3.34. The van der Waals surface area contributed by atoms with Crippen LogP contribution >= 0.6 is 0 Å². The summed E-state index contributed by atoms with van der Waals surface area (Å²) in [7, 11) is -2.02. The Labute approximate surface area is 216 Å². The van der Waals surface area contributed by atoms with Crippen LogP contribution in [0.4, 0.5) is 4.39 Å². The normalized spacial score (nSPS) is 10.9. The minimum Gasteiger partial charge on any atom is -0.289 e. The fourth-order valence-electron chi connectivity index (χ4n) is 3.50. The second-order valence-electron chi connectivity index (χ2n) is 7.81. The van der Waals surface area contributed by atoms with Crippen LogP contribution in [0.5, 0.6) is 0 Å². The van der Waals surface area contributed by atoms with Crippen molar-refractivity contribution in [2.75, 3.05) is 0 Å². The zero-order valence-electron chi connectivity index (χ0n) is 20.8. The van der Waals surface area contributed by atoms with Gasteiger partial charge in [-0.05, 0) is 35.9 Å². The first-order valence-corrected chi connectivity index (χ1v) is 13.2. The molecule has 0 unspecified atom stereocenters. The Hall–Kier alpha value is -4.02. The third-order valence-electron chi connectivity index (χ3n) is 5.23. The van der Waals surface area contributed by atoms with Crippen LogP contribution in [0.2, 0.25) is 0 Å². The molecule has 0 amide bonds. The summed E-state index contributed by atoms with van der Waals surface area (Å²) in [6, 6.07) is 10.7. The van der Waals surface area contributed by atoms with Crippen molar-refractivity contribution >= 4 is 21.9 Å². The lowest BCUT2D eigenvalue weighted by atomic mass is 9.98. The second kappa shape index (κ2) is 12.3. The Kier molecular flexibility index (Phi) is 9.15. The van der Waals surface area contributed by atoms with Crippen molar-refractivity contribution in [2.24, 2.45) is 7.05 Å². The van der Waals surface area contributed by atoms with Gasteiger partial charge in [0.25, 0.3) is 0 Å². The van der Waals surface area contributed by atoms with E-state index in [1.807, 2.05) is 20.0 Å². The van der Waals surface area contributed by atoms with Gasteiger partial charge in [-0.3, -0.25) is 19.4 Å². The fraction of sp³-hybridized carbons (Fsp3) is 0.185. The van der Waals surface area contributed by atoms with E-state index in [1.165, 1.54) is 30.5 Å². The van der Waals surface area contributed by atoms with E-state index in [4.69, 9.17) is 0 Å². The van der Waals surface area contributed by atoms with Crippen LogP contribution in [-0.2, 0) is 29.4 Å². The van der Waals surface area contributed by atoms with Crippen molar-refractivity contribution in [1.82, 2.24) is 24.5 Å². The highest BCUT2D eigenvalue weighted by Gasteiger charge is 2.18. The van der Waals surface area contributed by atoms with Crippen LogP contribution in [0.15, 0.2) is 73.8 Å². The van der Waals surface area contributed by atoms with Crippen molar-refractivity contribution in [3.8, 4) is 11.1 Å². The molecule has 0 saturated carbocycles. The lowest BCUT2D eigenvalue weighted by molar-refractivity contribution is 0.103. The molecule has 3 heterocycles. The number of benzene rings is 1. The van der Waals surface area contributed by atoms with E-state index in [-0.39, 0.29) is 23.8 Å². The number of aromatic nitrogens is 4. The van der Waals surface area contributed by atoms with Gasteiger partial charge >= 0.3 is 0 Å². The summed E-state index contributed by atoms with van der Waals surface area (Å²) in [5.74, 6) is -1.30. The van der Waals surface area contributed by atoms with Crippen LogP contribution in [0.25, 0.3) is 17.2 Å². The SMILES string of the molecule is C=Cc1ncc(-c2cnn(C)c2)cc1C(=O)c1cccc(CS(=O)(=O)NCc2ncccc2F)c1.CC. The Morgan fingerprint density at radius 3 is 2.57 bits per heavy atom. The zero-order chi connectivity index (χ0) is 27.0. The van der Waals surface area contributed by atoms with E-state index in [0.717, 1.165) is 11.1 Å². The number of rotatable bonds is 9. The van der Waals surface area contributed by atoms with Crippen molar-refractivity contribution in [3.05, 3.63) is 108 Å². The third-order valence-corrected chi connectivity index (χ3v) is 6.53. The van der Waals surface area contributed by atoms with Crippen LogP contribution in [0.1, 0.15) is 46.7 Å². The van der Waals surface area contributed by atoms with Crippen molar-refractivity contribution in [1.29, 1.82) is 0 Å². The maximum Gasteiger partial charge on any atom is 0.216 e. The molecule has 0 bridgehead atoms. The predicted molar refractivity (Wildman–Crippen MR) is 141 cm³/mol. The molecule has 0 saturated heterocycles. The summed E-state index contributed by atoms with van der Waals surface area (Å²) in [4.78, 5) is 21.6. The van der Waals surface area contributed by atoms with E-state index in [0.29, 0.717) is 22.4 Å². The number of aryl methyl sites for hydroxylation is 1. The van der Waals surface area contributed by atoms with Gasteiger partial charge in [0.1, 0.15) is 5.82 Å². The maximum absolute atomic E-state index is 13.7. The number of carbonyl (C=O) groups is 1. The van der Waals surface area contributed by atoms with E-state index in [1.54, 1.807) is 48.4 Å². The van der Waals surface area contributed by atoms with Crippen molar-refractivity contribution in [3.63, 3.8) is 0 Å². The summed E-state index contributed by atoms with van der Waals surface area (Å²) in [6.07, 6.45) is 8.01. The topological polar surface area (TPSA) is 107 Å². The average molecular weight is 522 g/mol. The quantitative estimate of drug-likeness (QED) is 0.324. The highest BCUT2D eigenvalue weighted by Crippen LogP contribution is 2.23. The van der Waals surface area contributed by atoms with Gasteiger partial charge in [-0.1, -0.05) is 38.6 Å². The van der Waals surface area contributed by atoms with Gasteiger partial charge in [0, 0.05) is 47.9 Å². The molecular formula is C27H28FN5O3S. The number of ketones is 1. The smallest absolute Gasteiger partial charge is 0.216 e. The van der Waals surface area contributed by atoms with Gasteiger partial charge in [-0.25, -0.2) is 17.5 Å². The highest BCUT2D eigenvalue weighted by molar-refractivity contribution is 7.88. The molecule has 0 aliphatic heterocycles. The molecule has 0 fully saturated rings. The first-order chi connectivity index (χ1) is 17.8. The molecule has 0 aliphatic rings. The molecule has 1 aromatic carbocycles. The van der Waals surface area contributed by atoms with Gasteiger partial charge in [-0.15, -0.1) is 0 Å². The lowest BCUT2D eigenvalue weighted by Crippen LogP contribution is -2.25. The standard InChI is InChI=1S/C25H22FN5O3S.C2H6/c1-3-23-21(11-19(12-28-23)20-13-29-31(2)15-20)25(32)18-7-4-6-17(10-18)16-35(33,34)30-14-24-22(26)8-5-9-27-24;1-2/h3-13,15,30H,1,14,16H2,2H3;1-2H3. The molecule has 0 atom stereocenters. The first-order valence-electron chi connectivity index (χ1n) is 11.6. The second-order valence-corrected chi connectivity index (χ2v) is 9.61. The van der Waals surface area contributed by atoms with Crippen LogP contribution < -0.4 is 4.72 Å². The fourth-order valence-corrected chi connectivity index (χ4v) is 4.58. The minimum atomic E-state index is -3.82. The third kappa shape index (κ3) is 7.02.